The summed E-state index contributed by atoms with van der Waals surface area (Å²) in [5.41, 5.74) is 4.39. The van der Waals surface area contributed by atoms with Crippen LogP contribution in [0.4, 0.5) is 0 Å². The summed E-state index contributed by atoms with van der Waals surface area (Å²) in [6, 6.07) is 13.6. The zero-order valence-electron chi connectivity index (χ0n) is 17.4. The van der Waals surface area contributed by atoms with Crippen LogP contribution >= 0.6 is 0 Å². The summed E-state index contributed by atoms with van der Waals surface area (Å²) < 4.78 is 11.3. The van der Waals surface area contributed by atoms with Crippen LogP contribution in [0.25, 0.3) is 21.9 Å². The maximum Gasteiger partial charge on any atom is 0.339 e. The second-order valence-corrected chi connectivity index (χ2v) is 8.02. The topological polar surface area (TPSA) is 84.3 Å². The molecular formula is C25H24N2O4. The van der Waals surface area contributed by atoms with Gasteiger partial charge in [-0.3, -0.25) is 4.79 Å². The number of para-hydroxylation sites is 1. The van der Waals surface area contributed by atoms with Crippen LogP contribution < -0.4 is 15.7 Å². The Labute approximate surface area is 179 Å². The molecule has 0 fully saturated rings. The monoisotopic (exact) mass is 416 g/mol. The van der Waals surface area contributed by atoms with Crippen molar-refractivity contribution in [2.75, 3.05) is 6.54 Å². The van der Waals surface area contributed by atoms with Crippen molar-refractivity contribution in [3.8, 4) is 5.75 Å². The molecule has 5 rings (SSSR count). The Morgan fingerprint density at radius 2 is 2.00 bits per heavy atom. The van der Waals surface area contributed by atoms with Crippen molar-refractivity contribution in [3.05, 3.63) is 75.8 Å². The average Bonchev–Trinajstić information content (AvgIpc) is 3.42. The summed E-state index contributed by atoms with van der Waals surface area (Å²) in [6.07, 6.45) is 4.70. The van der Waals surface area contributed by atoms with Gasteiger partial charge in [-0.15, -0.1) is 0 Å². The zero-order valence-corrected chi connectivity index (χ0v) is 17.4. The first-order valence-corrected chi connectivity index (χ1v) is 10.7. The molecule has 0 aliphatic heterocycles. The Morgan fingerprint density at radius 1 is 1.16 bits per heavy atom. The minimum absolute atomic E-state index is 0.185. The smallest absolute Gasteiger partial charge is 0.339 e. The van der Waals surface area contributed by atoms with E-state index in [1.165, 1.54) is 10.9 Å². The van der Waals surface area contributed by atoms with Gasteiger partial charge < -0.3 is 19.5 Å². The molecule has 6 heteroatoms. The highest BCUT2D eigenvalue weighted by Crippen LogP contribution is 2.30. The Balaban J connectivity index is 1.23. The first-order chi connectivity index (χ1) is 15.1. The van der Waals surface area contributed by atoms with Gasteiger partial charge in [0.2, 0.25) is 0 Å². The number of ether oxygens (including phenoxy) is 1. The SMILES string of the molecule is C[C@H](Oc1ccc2c3c(c(=O)oc2c1)CCC3)C(=O)NCCc1c[nH]c2ccccc12. The van der Waals surface area contributed by atoms with Gasteiger partial charge in [0, 0.05) is 40.7 Å². The highest BCUT2D eigenvalue weighted by Gasteiger charge is 2.20. The van der Waals surface area contributed by atoms with E-state index in [1.807, 2.05) is 36.5 Å². The van der Waals surface area contributed by atoms with Crippen LogP contribution in [0, 0.1) is 0 Å². The van der Waals surface area contributed by atoms with Crippen LogP contribution in [0.2, 0.25) is 0 Å². The van der Waals surface area contributed by atoms with Gasteiger partial charge >= 0.3 is 5.63 Å². The minimum atomic E-state index is -0.665. The fraction of sp³-hybridized carbons (Fsp3) is 0.280. The van der Waals surface area contributed by atoms with Gasteiger partial charge in [-0.1, -0.05) is 18.2 Å². The molecule has 2 aromatic heterocycles. The molecule has 0 spiro atoms. The second kappa shape index (κ2) is 7.95. The van der Waals surface area contributed by atoms with E-state index in [9.17, 15) is 9.59 Å². The number of rotatable bonds is 6. The molecule has 6 nitrogen and oxygen atoms in total. The lowest BCUT2D eigenvalue weighted by Crippen LogP contribution is -2.37. The fourth-order valence-corrected chi connectivity index (χ4v) is 4.40. The standard InChI is InChI=1S/C25H24N2O4/c1-15(24(28)26-12-11-16-14-27-22-8-3-2-5-18(16)22)30-17-9-10-20-19-6-4-7-21(19)25(29)31-23(20)13-17/h2-3,5,8-10,13-15,27H,4,6-7,11-12H2,1H3,(H,26,28)/t15-/m0/s1. The van der Waals surface area contributed by atoms with Crippen LogP contribution in [0.1, 0.15) is 30.0 Å². The van der Waals surface area contributed by atoms with Crippen molar-refractivity contribution in [2.45, 2.75) is 38.7 Å². The number of carbonyl (C=O) groups is 1. The van der Waals surface area contributed by atoms with E-state index in [1.54, 1.807) is 13.0 Å². The summed E-state index contributed by atoms with van der Waals surface area (Å²) in [4.78, 5) is 27.9. The first kappa shape index (κ1) is 19.4. The van der Waals surface area contributed by atoms with E-state index >= 15 is 0 Å². The van der Waals surface area contributed by atoms with Crippen LogP contribution in [-0.4, -0.2) is 23.5 Å². The number of fused-ring (bicyclic) bond motifs is 4. The number of nitrogens with one attached hydrogen (secondary N) is 2. The molecule has 4 aromatic rings. The molecule has 0 saturated carbocycles. The molecule has 1 atom stereocenters. The highest BCUT2D eigenvalue weighted by atomic mass is 16.5. The van der Waals surface area contributed by atoms with Crippen molar-refractivity contribution in [3.63, 3.8) is 0 Å². The Kier molecular flexibility index (Phi) is 4.98. The number of amides is 1. The van der Waals surface area contributed by atoms with Crippen molar-refractivity contribution in [1.29, 1.82) is 0 Å². The van der Waals surface area contributed by atoms with Crippen molar-refractivity contribution < 1.29 is 13.9 Å². The molecule has 1 aliphatic carbocycles. The maximum absolute atomic E-state index is 12.5. The third-order valence-corrected chi connectivity index (χ3v) is 6.00. The van der Waals surface area contributed by atoms with E-state index in [2.05, 4.69) is 16.4 Å². The Morgan fingerprint density at radius 3 is 2.90 bits per heavy atom. The van der Waals surface area contributed by atoms with Gasteiger partial charge in [-0.05, 0) is 61.9 Å². The van der Waals surface area contributed by atoms with Gasteiger partial charge in [0.25, 0.3) is 5.91 Å². The van der Waals surface area contributed by atoms with Crippen LogP contribution in [0.5, 0.6) is 5.75 Å². The summed E-state index contributed by atoms with van der Waals surface area (Å²) in [7, 11) is 0. The zero-order chi connectivity index (χ0) is 21.4. The summed E-state index contributed by atoms with van der Waals surface area (Å²) in [5.74, 6) is 0.322. The molecule has 2 heterocycles. The maximum atomic E-state index is 12.5. The van der Waals surface area contributed by atoms with Crippen LogP contribution in [0.3, 0.4) is 0 Å². The van der Waals surface area contributed by atoms with Crippen LogP contribution in [-0.2, 0) is 24.1 Å². The molecular weight excluding hydrogens is 392 g/mol. The fourth-order valence-electron chi connectivity index (χ4n) is 4.40. The molecule has 0 bridgehead atoms. The molecule has 0 saturated heterocycles. The van der Waals surface area contributed by atoms with Crippen molar-refractivity contribution in [1.82, 2.24) is 10.3 Å². The molecule has 1 amide bonds. The predicted octanol–water partition coefficient (Wildman–Crippen LogP) is 3.89. The number of carbonyl (C=O) groups excluding carboxylic acids is 1. The summed E-state index contributed by atoms with van der Waals surface area (Å²) in [6.45, 7) is 2.23. The number of aromatic amines is 1. The predicted molar refractivity (Wildman–Crippen MR) is 120 cm³/mol. The lowest BCUT2D eigenvalue weighted by atomic mass is 10.1. The Bertz CT molecular complexity index is 1330. The van der Waals surface area contributed by atoms with E-state index in [0.717, 1.165) is 47.7 Å². The first-order valence-electron chi connectivity index (χ1n) is 10.7. The van der Waals surface area contributed by atoms with Gasteiger partial charge in [0.1, 0.15) is 11.3 Å². The van der Waals surface area contributed by atoms with Crippen LogP contribution in [0.15, 0.2) is 57.9 Å². The number of aryl methyl sites for hydroxylation is 1. The highest BCUT2D eigenvalue weighted by molar-refractivity contribution is 5.85. The molecule has 0 unspecified atom stereocenters. The number of H-pyrrole nitrogens is 1. The lowest BCUT2D eigenvalue weighted by Gasteiger charge is -2.15. The molecule has 2 N–H and O–H groups in total. The van der Waals surface area contributed by atoms with Crippen molar-refractivity contribution >= 4 is 27.8 Å². The van der Waals surface area contributed by atoms with E-state index in [0.29, 0.717) is 17.9 Å². The molecule has 0 radical (unpaired) electrons. The molecule has 31 heavy (non-hydrogen) atoms. The van der Waals surface area contributed by atoms with Gasteiger partial charge in [-0.25, -0.2) is 4.79 Å². The normalized spacial score (nSPS) is 14.0. The third-order valence-electron chi connectivity index (χ3n) is 6.00. The van der Waals surface area contributed by atoms with Gasteiger partial charge in [-0.2, -0.15) is 0 Å². The number of hydrogen-bond acceptors (Lipinski definition) is 4. The molecule has 2 aromatic carbocycles. The van der Waals surface area contributed by atoms with E-state index in [4.69, 9.17) is 9.15 Å². The summed E-state index contributed by atoms with van der Waals surface area (Å²) >= 11 is 0. The largest absolute Gasteiger partial charge is 0.481 e. The average molecular weight is 416 g/mol. The quantitative estimate of drug-likeness (QED) is 0.467. The van der Waals surface area contributed by atoms with Gasteiger partial charge in [0.15, 0.2) is 6.10 Å². The Hall–Kier alpha value is -3.54. The van der Waals surface area contributed by atoms with Gasteiger partial charge in [0.05, 0.1) is 0 Å². The number of hydrogen-bond donors (Lipinski definition) is 2. The minimum Gasteiger partial charge on any atom is -0.481 e. The lowest BCUT2D eigenvalue weighted by molar-refractivity contribution is -0.127. The van der Waals surface area contributed by atoms with E-state index < -0.39 is 6.10 Å². The van der Waals surface area contributed by atoms with Crippen molar-refractivity contribution in [2.24, 2.45) is 0 Å². The van der Waals surface area contributed by atoms with E-state index in [-0.39, 0.29) is 11.5 Å². The summed E-state index contributed by atoms with van der Waals surface area (Å²) in [5, 5.41) is 5.06. The molecule has 158 valence electrons. The second-order valence-electron chi connectivity index (χ2n) is 8.02. The third kappa shape index (κ3) is 3.69. The number of benzene rings is 2. The molecule has 1 aliphatic rings. The number of aromatic nitrogens is 1.